The summed E-state index contributed by atoms with van der Waals surface area (Å²) in [6.45, 7) is 5.50. The lowest BCUT2D eigenvalue weighted by molar-refractivity contribution is -0.0159. The summed E-state index contributed by atoms with van der Waals surface area (Å²) in [4.78, 5) is 13.7. The number of ether oxygens (including phenoxy) is 1. The molecule has 21 heavy (non-hydrogen) atoms. The molecule has 4 rings (SSSR count). The second-order valence-electron chi connectivity index (χ2n) is 6.63. The van der Waals surface area contributed by atoms with E-state index in [1.807, 2.05) is 18.5 Å². The molecule has 1 unspecified atom stereocenters. The summed E-state index contributed by atoms with van der Waals surface area (Å²) in [6.07, 6.45) is 9.80. The standard InChI is InChI=1S/C16H24N4O/c1-2-9-19(8-1)14-12-16(21-13-14)4-10-20(11-5-16)15-17-6-3-7-18-15/h3,6-7,14H,1-2,4-5,8-13H2. The first-order valence-corrected chi connectivity index (χ1v) is 8.25. The van der Waals surface area contributed by atoms with Gasteiger partial charge in [-0.3, -0.25) is 4.90 Å². The van der Waals surface area contributed by atoms with Crippen LogP contribution >= 0.6 is 0 Å². The van der Waals surface area contributed by atoms with Gasteiger partial charge in [-0.25, -0.2) is 9.97 Å². The molecule has 1 spiro atoms. The summed E-state index contributed by atoms with van der Waals surface area (Å²) in [5, 5.41) is 0. The van der Waals surface area contributed by atoms with E-state index in [4.69, 9.17) is 4.74 Å². The maximum atomic E-state index is 6.28. The Kier molecular flexibility index (Phi) is 3.55. The molecular weight excluding hydrogens is 264 g/mol. The molecule has 0 N–H and O–H groups in total. The fraction of sp³-hybridized carbons (Fsp3) is 0.750. The van der Waals surface area contributed by atoms with E-state index in [9.17, 15) is 0 Å². The fourth-order valence-electron chi connectivity index (χ4n) is 4.08. The second-order valence-corrected chi connectivity index (χ2v) is 6.63. The van der Waals surface area contributed by atoms with Crippen LogP contribution in [0.15, 0.2) is 18.5 Å². The maximum Gasteiger partial charge on any atom is 0.225 e. The number of anilines is 1. The van der Waals surface area contributed by atoms with E-state index in [2.05, 4.69) is 19.8 Å². The molecule has 0 radical (unpaired) electrons. The van der Waals surface area contributed by atoms with Gasteiger partial charge in [0.15, 0.2) is 0 Å². The van der Waals surface area contributed by atoms with Gasteiger partial charge in [0.2, 0.25) is 5.95 Å². The SMILES string of the molecule is c1cnc(N2CCC3(CC2)CC(N2CCCC2)CO3)nc1. The minimum atomic E-state index is 0.124. The summed E-state index contributed by atoms with van der Waals surface area (Å²) in [5.74, 6) is 0.862. The molecule has 3 aliphatic heterocycles. The van der Waals surface area contributed by atoms with E-state index in [0.29, 0.717) is 6.04 Å². The summed E-state index contributed by atoms with van der Waals surface area (Å²) >= 11 is 0. The van der Waals surface area contributed by atoms with Gasteiger partial charge in [0, 0.05) is 31.5 Å². The van der Waals surface area contributed by atoms with Crippen molar-refractivity contribution in [3.05, 3.63) is 18.5 Å². The number of piperidine rings is 1. The third kappa shape index (κ3) is 2.64. The molecule has 3 saturated heterocycles. The lowest BCUT2D eigenvalue weighted by Gasteiger charge is -2.38. The first-order valence-electron chi connectivity index (χ1n) is 8.25. The smallest absolute Gasteiger partial charge is 0.225 e. The van der Waals surface area contributed by atoms with Gasteiger partial charge in [0.05, 0.1) is 12.2 Å². The van der Waals surface area contributed by atoms with Crippen LogP contribution in [-0.2, 0) is 4.74 Å². The first kappa shape index (κ1) is 13.5. The second kappa shape index (κ2) is 5.54. The van der Waals surface area contributed by atoms with Crippen molar-refractivity contribution in [2.75, 3.05) is 37.7 Å². The van der Waals surface area contributed by atoms with E-state index in [1.165, 1.54) is 32.4 Å². The van der Waals surface area contributed by atoms with Gasteiger partial charge in [0.25, 0.3) is 0 Å². The number of likely N-dealkylation sites (tertiary alicyclic amines) is 1. The van der Waals surface area contributed by atoms with Crippen LogP contribution in [0.25, 0.3) is 0 Å². The van der Waals surface area contributed by atoms with Crippen LogP contribution < -0.4 is 4.90 Å². The van der Waals surface area contributed by atoms with Gasteiger partial charge in [0.1, 0.15) is 0 Å². The van der Waals surface area contributed by atoms with Gasteiger partial charge in [-0.1, -0.05) is 0 Å². The molecule has 0 amide bonds. The molecule has 0 saturated carbocycles. The van der Waals surface area contributed by atoms with Gasteiger partial charge >= 0.3 is 0 Å². The number of nitrogens with zero attached hydrogens (tertiary/aromatic N) is 4. The van der Waals surface area contributed by atoms with Gasteiger partial charge < -0.3 is 9.64 Å². The third-order valence-corrected chi connectivity index (χ3v) is 5.36. The quantitative estimate of drug-likeness (QED) is 0.828. The van der Waals surface area contributed by atoms with Crippen molar-refractivity contribution in [3.63, 3.8) is 0 Å². The molecule has 0 aromatic carbocycles. The molecule has 5 nitrogen and oxygen atoms in total. The Morgan fingerprint density at radius 3 is 2.48 bits per heavy atom. The van der Waals surface area contributed by atoms with Crippen molar-refractivity contribution in [1.82, 2.24) is 14.9 Å². The van der Waals surface area contributed by atoms with E-state index in [1.54, 1.807) is 0 Å². The molecule has 0 bridgehead atoms. The predicted octanol–water partition coefficient (Wildman–Crippen LogP) is 1.70. The Hall–Kier alpha value is -1.20. The molecule has 1 aromatic rings. The van der Waals surface area contributed by atoms with Crippen LogP contribution in [0, 0.1) is 0 Å². The minimum absolute atomic E-state index is 0.124. The van der Waals surface area contributed by atoms with E-state index in [0.717, 1.165) is 38.5 Å². The van der Waals surface area contributed by atoms with Crippen LogP contribution in [0.3, 0.4) is 0 Å². The molecular formula is C16H24N4O. The van der Waals surface area contributed by atoms with Crippen LogP contribution in [0.5, 0.6) is 0 Å². The number of rotatable bonds is 2. The predicted molar refractivity (Wildman–Crippen MR) is 81.4 cm³/mol. The summed E-state index contributed by atoms with van der Waals surface area (Å²) < 4.78 is 6.28. The molecule has 0 aliphatic carbocycles. The fourth-order valence-corrected chi connectivity index (χ4v) is 4.08. The van der Waals surface area contributed by atoms with E-state index >= 15 is 0 Å². The average molecular weight is 288 g/mol. The Bertz CT molecular complexity index is 466. The molecule has 114 valence electrons. The summed E-state index contributed by atoms with van der Waals surface area (Å²) in [5.41, 5.74) is 0.124. The highest BCUT2D eigenvalue weighted by Crippen LogP contribution is 2.38. The molecule has 1 aromatic heterocycles. The summed E-state index contributed by atoms with van der Waals surface area (Å²) in [6, 6.07) is 2.53. The monoisotopic (exact) mass is 288 g/mol. The Morgan fingerprint density at radius 2 is 1.76 bits per heavy atom. The Balaban J connectivity index is 1.37. The van der Waals surface area contributed by atoms with Crippen LogP contribution in [-0.4, -0.2) is 59.3 Å². The minimum Gasteiger partial charge on any atom is -0.373 e. The topological polar surface area (TPSA) is 41.5 Å². The molecule has 3 aliphatic rings. The van der Waals surface area contributed by atoms with Crippen LogP contribution in [0.4, 0.5) is 5.95 Å². The lowest BCUT2D eigenvalue weighted by Crippen LogP contribution is -2.45. The highest BCUT2D eigenvalue weighted by molar-refractivity contribution is 5.29. The molecule has 5 heteroatoms. The van der Waals surface area contributed by atoms with E-state index < -0.39 is 0 Å². The van der Waals surface area contributed by atoms with Crippen molar-refractivity contribution in [2.24, 2.45) is 0 Å². The Labute approximate surface area is 126 Å². The number of hydrogen-bond acceptors (Lipinski definition) is 5. The lowest BCUT2D eigenvalue weighted by atomic mass is 9.87. The summed E-state index contributed by atoms with van der Waals surface area (Å²) in [7, 11) is 0. The van der Waals surface area contributed by atoms with Gasteiger partial charge in [-0.05, 0) is 51.3 Å². The van der Waals surface area contributed by atoms with Crippen LogP contribution in [0.1, 0.15) is 32.1 Å². The van der Waals surface area contributed by atoms with Gasteiger partial charge in [-0.15, -0.1) is 0 Å². The Morgan fingerprint density at radius 1 is 1.05 bits per heavy atom. The molecule has 3 fully saturated rings. The molecule has 1 atom stereocenters. The number of aromatic nitrogens is 2. The van der Waals surface area contributed by atoms with Crippen molar-refractivity contribution in [2.45, 2.75) is 43.7 Å². The van der Waals surface area contributed by atoms with Crippen molar-refractivity contribution in [3.8, 4) is 0 Å². The zero-order valence-electron chi connectivity index (χ0n) is 12.6. The third-order valence-electron chi connectivity index (χ3n) is 5.36. The zero-order valence-corrected chi connectivity index (χ0v) is 12.6. The van der Waals surface area contributed by atoms with Gasteiger partial charge in [-0.2, -0.15) is 0 Å². The van der Waals surface area contributed by atoms with E-state index in [-0.39, 0.29) is 5.60 Å². The highest BCUT2D eigenvalue weighted by Gasteiger charge is 2.44. The zero-order chi connectivity index (χ0) is 14.1. The first-order chi connectivity index (χ1) is 10.3. The number of hydrogen-bond donors (Lipinski definition) is 0. The highest BCUT2D eigenvalue weighted by atomic mass is 16.5. The largest absolute Gasteiger partial charge is 0.373 e. The average Bonchev–Trinajstić information content (AvgIpc) is 3.19. The normalized spacial score (nSPS) is 29.3. The maximum absolute atomic E-state index is 6.28. The van der Waals surface area contributed by atoms with Crippen molar-refractivity contribution < 1.29 is 4.74 Å². The van der Waals surface area contributed by atoms with Crippen molar-refractivity contribution in [1.29, 1.82) is 0 Å². The van der Waals surface area contributed by atoms with Crippen LogP contribution in [0.2, 0.25) is 0 Å². The molecule has 4 heterocycles. The van der Waals surface area contributed by atoms with Crippen molar-refractivity contribution >= 4 is 5.95 Å².